The van der Waals surface area contributed by atoms with Gasteiger partial charge in [-0.15, -0.1) is 0 Å². The Morgan fingerprint density at radius 2 is 1.07 bits per heavy atom. The van der Waals surface area contributed by atoms with Gasteiger partial charge in [0.15, 0.2) is 0 Å². The molecule has 21 nitrogen and oxygen atoms in total. The van der Waals surface area contributed by atoms with E-state index in [2.05, 4.69) is 31.9 Å². The lowest BCUT2D eigenvalue weighted by atomic mass is 9.98. The van der Waals surface area contributed by atoms with E-state index in [0.29, 0.717) is 5.56 Å². The number of primary amides is 2. The smallest absolute Gasteiger partial charge is 0.326 e. The minimum atomic E-state index is -1.75. The van der Waals surface area contributed by atoms with E-state index in [0.717, 1.165) is 0 Å². The van der Waals surface area contributed by atoms with Gasteiger partial charge in [0.2, 0.25) is 47.3 Å². The van der Waals surface area contributed by atoms with Crippen LogP contribution in [0, 0.1) is 17.8 Å². The molecule has 0 unspecified atom stereocenters. The second-order valence-corrected chi connectivity index (χ2v) is 15.5. The van der Waals surface area contributed by atoms with Gasteiger partial charge in [-0.25, -0.2) is 4.79 Å². The summed E-state index contributed by atoms with van der Waals surface area (Å²) in [5.41, 5.74) is 17.0. The molecule has 0 spiro atoms. The van der Waals surface area contributed by atoms with E-state index in [9.17, 15) is 58.5 Å². The highest BCUT2D eigenvalue weighted by Gasteiger charge is 2.36. The third-order valence-electron chi connectivity index (χ3n) is 9.01. The van der Waals surface area contributed by atoms with Crippen LogP contribution in [0.4, 0.5) is 0 Å². The molecule has 1 rings (SSSR count). The highest BCUT2D eigenvalue weighted by Crippen LogP contribution is 2.14. The normalized spacial score (nSPS) is 15.3. The van der Waals surface area contributed by atoms with Crippen molar-refractivity contribution in [3.63, 3.8) is 0 Å². The van der Waals surface area contributed by atoms with Crippen molar-refractivity contribution in [1.29, 1.82) is 0 Å². The Balaban J connectivity index is 3.31. The zero-order chi connectivity index (χ0) is 45.3. The number of amides is 8. The number of hydrogen-bond donors (Lipinski definition) is 12. The first kappa shape index (κ1) is 51.2. The summed E-state index contributed by atoms with van der Waals surface area (Å²) < 4.78 is 0. The second-order valence-electron chi connectivity index (χ2n) is 15.5. The zero-order valence-corrected chi connectivity index (χ0v) is 34.4. The third kappa shape index (κ3) is 18.1. The number of aliphatic carboxylic acids is 1. The van der Waals surface area contributed by atoms with Gasteiger partial charge in [0.05, 0.1) is 18.6 Å². The third-order valence-corrected chi connectivity index (χ3v) is 9.01. The van der Waals surface area contributed by atoms with E-state index in [4.69, 9.17) is 17.2 Å². The first-order valence-electron chi connectivity index (χ1n) is 19.2. The van der Waals surface area contributed by atoms with Crippen molar-refractivity contribution in [2.75, 3.05) is 0 Å². The van der Waals surface area contributed by atoms with Crippen molar-refractivity contribution in [3.05, 3.63) is 29.8 Å². The van der Waals surface area contributed by atoms with Crippen molar-refractivity contribution in [1.82, 2.24) is 31.9 Å². The van der Waals surface area contributed by atoms with Gasteiger partial charge in [-0.2, -0.15) is 0 Å². The molecule has 0 aliphatic rings. The molecule has 8 atom stereocenters. The molecule has 0 aromatic heterocycles. The maximum atomic E-state index is 13.7. The van der Waals surface area contributed by atoms with Crippen molar-refractivity contribution < 1.29 is 58.5 Å². The summed E-state index contributed by atoms with van der Waals surface area (Å²) in [6, 6.07) is -4.37. The Morgan fingerprint density at radius 1 is 0.593 bits per heavy atom. The summed E-state index contributed by atoms with van der Waals surface area (Å²) in [6.07, 6.45) is -3.22. The molecule has 0 heterocycles. The molecular formula is C38H61N9O12. The molecule has 330 valence electrons. The highest BCUT2D eigenvalue weighted by molar-refractivity contribution is 5.98. The number of nitrogens with two attached hydrogens (primary N) is 3. The molecule has 8 amide bonds. The molecule has 15 N–H and O–H groups in total. The van der Waals surface area contributed by atoms with Gasteiger partial charge in [-0.3, -0.25) is 38.4 Å². The van der Waals surface area contributed by atoms with E-state index in [1.807, 2.05) is 0 Å². The van der Waals surface area contributed by atoms with Crippen LogP contribution in [-0.2, 0) is 49.6 Å². The Morgan fingerprint density at radius 3 is 1.54 bits per heavy atom. The Kier molecular flexibility index (Phi) is 21.0. The summed E-state index contributed by atoms with van der Waals surface area (Å²) in [4.78, 5) is 116. The lowest BCUT2D eigenvalue weighted by molar-refractivity contribution is -0.142. The van der Waals surface area contributed by atoms with Crippen LogP contribution in [0.25, 0.3) is 0 Å². The largest absolute Gasteiger partial charge is 0.508 e. The molecule has 0 fully saturated rings. The summed E-state index contributed by atoms with van der Waals surface area (Å²) in [5, 5.41) is 44.0. The van der Waals surface area contributed by atoms with Crippen molar-refractivity contribution >= 4 is 53.2 Å². The second kappa shape index (κ2) is 24.2. The van der Waals surface area contributed by atoms with E-state index in [-0.39, 0.29) is 30.4 Å². The van der Waals surface area contributed by atoms with Crippen LogP contribution in [0.1, 0.15) is 79.7 Å². The van der Waals surface area contributed by atoms with Gasteiger partial charge < -0.3 is 64.4 Å². The van der Waals surface area contributed by atoms with Gasteiger partial charge >= 0.3 is 5.97 Å². The van der Waals surface area contributed by atoms with Crippen molar-refractivity contribution in [3.8, 4) is 5.75 Å². The number of phenolic OH excluding ortho intramolecular Hbond substituents is 1. The first-order chi connectivity index (χ1) is 27.3. The lowest BCUT2D eigenvalue weighted by Crippen LogP contribution is -2.62. The SMILES string of the molecule is CC(C)C[C@H](NC(=O)[C@@H](NC(=O)[C@H](CC(N)=O)NC(=O)[C@H](CCC(N)=O)NC(=O)[C@@H](NC(=O)[C@@H](N)C(C)C)[C@@H](C)O)C(C)C)C(=O)N[C@@H](Cc1ccc(O)cc1)C(=O)O. The maximum absolute atomic E-state index is 13.7. The number of phenols is 1. The average molecular weight is 836 g/mol. The number of rotatable bonds is 25. The van der Waals surface area contributed by atoms with E-state index in [1.54, 1.807) is 41.5 Å². The summed E-state index contributed by atoms with van der Waals surface area (Å²) >= 11 is 0. The number of carboxylic acid groups (broad SMARTS) is 1. The first-order valence-corrected chi connectivity index (χ1v) is 19.2. The number of aliphatic hydroxyl groups is 1. The topological polar surface area (TPSA) is 365 Å². The fourth-order valence-electron chi connectivity index (χ4n) is 5.55. The molecule has 0 radical (unpaired) electrons. The van der Waals surface area contributed by atoms with E-state index < -0.39 is 127 Å². The molecule has 0 aliphatic carbocycles. The number of nitrogens with one attached hydrogen (secondary N) is 6. The fourth-order valence-corrected chi connectivity index (χ4v) is 5.55. The van der Waals surface area contributed by atoms with Gasteiger partial charge in [-0.1, -0.05) is 53.7 Å². The lowest BCUT2D eigenvalue weighted by Gasteiger charge is -2.29. The van der Waals surface area contributed by atoms with Crippen LogP contribution < -0.4 is 49.1 Å². The number of hydrogen-bond acceptors (Lipinski definition) is 12. The minimum absolute atomic E-state index is 0.0361. The predicted molar refractivity (Wildman–Crippen MR) is 212 cm³/mol. The van der Waals surface area contributed by atoms with Crippen LogP contribution in [-0.4, -0.2) is 117 Å². The average Bonchev–Trinajstić information content (AvgIpc) is 3.12. The van der Waals surface area contributed by atoms with Crippen molar-refractivity contribution in [2.45, 2.75) is 129 Å². The van der Waals surface area contributed by atoms with Gasteiger partial charge in [0.25, 0.3) is 0 Å². The minimum Gasteiger partial charge on any atom is -0.508 e. The molecule has 1 aromatic carbocycles. The van der Waals surface area contributed by atoms with Gasteiger partial charge in [-0.05, 0) is 55.2 Å². The summed E-state index contributed by atoms with van der Waals surface area (Å²) in [6.45, 7) is 11.2. The molecule has 1 aromatic rings. The molecule has 0 saturated heterocycles. The highest BCUT2D eigenvalue weighted by atomic mass is 16.4. The maximum Gasteiger partial charge on any atom is 0.326 e. The van der Waals surface area contributed by atoms with Gasteiger partial charge in [0, 0.05) is 12.8 Å². The quantitative estimate of drug-likeness (QED) is 0.0472. The Hall–Kier alpha value is -5.83. The predicted octanol–water partition coefficient (Wildman–Crippen LogP) is -2.86. The fraction of sp³-hybridized carbons (Fsp3) is 0.605. The molecular weight excluding hydrogens is 774 g/mol. The number of carboxylic acids is 1. The van der Waals surface area contributed by atoms with Gasteiger partial charge in [0.1, 0.15) is 42.0 Å². The Labute approximate surface area is 342 Å². The van der Waals surface area contributed by atoms with Crippen LogP contribution in [0.2, 0.25) is 0 Å². The molecule has 0 saturated carbocycles. The van der Waals surface area contributed by atoms with Crippen LogP contribution >= 0.6 is 0 Å². The van der Waals surface area contributed by atoms with E-state index >= 15 is 0 Å². The van der Waals surface area contributed by atoms with E-state index in [1.165, 1.54) is 31.2 Å². The molecule has 59 heavy (non-hydrogen) atoms. The number of carbonyl (C=O) groups is 9. The summed E-state index contributed by atoms with van der Waals surface area (Å²) in [7, 11) is 0. The zero-order valence-electron chi connectivity index (χ0n) is 34.4. The summed E-state index contributed by atoms with van der Waals surface area (Å²) in [5.74, 6) is -10.2. The monoisotopic (exact) mass is 835 g/mol. The number of aliphatic hydroxyl groups excluding tert-OH is 1. The number of carbonyl (C=O) groups excluding carboxylic acids is 8. The van der Waals surface area contributed by atoms with Crippen LogP contribution in [0.3, 0.4) is 0 Å². The van der Waals surface area contributed by atoms with Crippen LogP contribution in [0.5, 0.6) is 5.75 Å². The number of aromatic hydroxyl groups is 1. The van der Waals surface area contributed by atoms with Crippen LogP contribution in [0.15, 0.2) is 24.3 Å². The molecule has 21 heteroatoms. The molecule has 0 bridgehead atoms. The molecule has 0 aliphatic heterocycles. The number of benzene rings is 1. The Bertz CT molecular complexity index is 1650. The standard InChI is InChI=1S/C38H61N9O12/c1-17(2)14-24(33(53)45-26(38(58)59)15-21-8-10-22(49)11-9-21)44-36(56)30(19(5)6)46-34(54)25(16-28(40)51)43-32(52)23(12-13-27(39)50)42-37(57)31(20(7)48)47-35(55)29(41)18(3)4/h8-11,17-20,23-26,29-31,48-49H,12-16,41H2,1-7H3,(H2,39,50)(H2,40,51)(H,42,57)(H,43,52)(H,44,56)(H,45,53)(H,46,54)(H,47,55)(H,58,59)/t20-,23+,24+,25+,26+,29+,30+,31+/m1/s1. The van der Waals surface area contributed by atoms with Crippen molar-refractivity contribution in [2.24, 2.45) is 35.0 Å².